The number of benzene rings is 3. The smallest absolute Gasteiger partial charge is 0.250 e. The van der Waals surface area contributed by atoms with Crippen molar-refractivity contribution in [3.63, 3.8) is 0 Å². The van der Waals surface area contributed by atoms with Crippen molar-refractivity contribution in [3.05, 3.63) is 93.8 Å². The van der Waals surface area contributed by atoms with Gasteiger partial charge in [-0.1, -0.05) is 30.0 Å². The summed E-state index contributed by atoms with van der Waals surface area (Å²) < 4.78 is 3.11. The Labute approximate surface area is 214 Å². The number of carbonyl (C=O) groups excluding carboxylic acids is 1. The summed E-state index contributed by atoms with van der Waals surface area (Å²) in [6.07, 6.45) is 1.52. The Bertz CT molecular complexity index is 1260. The minimum Gasteiger partial charge on any atom is -0.508 e. The number of halogens is 1. The first-order chi connectivity index (χ1) is 16.6. The average molecular weight is 584 g/mol. The maximum Gasteiger partial charge on any atom is 0.250 e. The maximum atomic E-state index is 12.3. The largest absolute Gasteiger partial charge is 0.508 e. The summed E-state index contributed by atoms with van der Waals surface area (Å²) in [7, 11) is 0. The van der Waals surface area contributed by atoms with E-state index in [1.807, 2.05) is 59.2 Å². The lowest BCUT2D eigenvalue weighted by Crippen LogP contribution is -2.20. The number of aromatic nitrogens is 3. The number of para-hydroxylation sites is 1. The van der Waals surface area contributed by atoms with Crippen LogP contribution in [0, 0.1) is 3.57 Å². The molecule has 0 aliphatic heterocycles. The molecule has 0 saturated heterocycles. The van der Waals surface area contributed by atoms with E-state index in [1.54, 1.807) is 24.3 Å². The summed E-state index contributed by atoms with van der Waals surface area (Å²) in [5.41, 5.74) is 5.18. The molecular weight excluding hydrogens is 563 g/mol. The molecule has 3 N–H and O–H groups in total. The number of phenols is 1. The highest BCUT2D eigenvalue weighted by Gasteiger charge is 2.15. The molecule has 0 bridgehead atoms. The van der Waals surface area contributed by atoms with E-state index < -0.39 is 0 Å². The fraction of sp³-hybridized carbons (Fsp3) is 0.0833. The Kier molecular flexibility index (Phi) is 8.15. The van der Waals surface area contributed by atoms with E-state index in [4.69, 9.17) is 0 Å². The van der Waals surface area contributed by atoms with Crippen LogP contribution in [0.3, 0.4) is 0 Å². The van der Waals surface area contributed by atoms with E-state index >= 15 is 0 Å². The van der Waals surface area contributed by atoms with Crippen LogP contribution in [0.4, 0.5) is 5.69 Å². The van der Waals surface area contributed by atoms with Crippen LogP contribution in [0.1, 0.15) is 11.4 Å². The fourth-order valence-electron chi connectivity index (χ4n) is 3.00. The van der Waals surface area contributed by atoms with Crippen LogP contribution in [0.25, 0.3) is 5.69 Å². The highest BCUT2D eigenvalue weighted by molar-refractivity contribution is 14.1. The van der Waals surface area contributed by atoms with Gasteiger partial charge in [0.2, 0.25) is 0 Å². The van der Waals surface area contributed by atoms with Gasteiger partial charge in [0.15, 0.2) is 11.0 Å². The number of hydrazone groups is 1. The van der Waals surface area contributed by atoms with Crippen LogP contribution in [-0.4, -0.2) is 37.7 Å². The molecule has 10 heteroatoms. The van der Waals surface area contributed by atoms with Crippen molar-refractivity contribution in [2.24, 2.45) is 5.10 Å². The number of thioether (sulfide) groups is 1. The zero-order valence-corrected chi connectivity index (χ0v) is 20.9. The van der Waals surface area contributed by atoms with Gasteiger partial charge in [0, 0.05) is 14.9 Å². The second-order valence-corrected chi connectivity index (χ2v) is 9.29. The molecule has 8 nitrogen and oxygen atoms in total. The van der Waals surface area contributed by atoms with Crippen molar-refractivity contribution >= 4 is 52.2 Å². The molecule has 3 aromatic carbocycles. The molecule has 1 amide bonds. The van der Waals surface area contributed by atoms with Gasteiger partial charge in [0.1, 0.15) is 5.75 Å². The number of hydrogen-bond acceptors (Lipinski definition) is 7. The average Bonchev–Trinajstić information content (AvgIpc) is 3.27. The lowest BCUT2D eigenvalue weighted by Gasteiger charge is -2.11. The third-order valence-corrected chi connectivity index (χ3v) is 6.29. The molecule has 0 radical (unpaired) electrons. The van der Waals surface area contributed by atoms with Crippen molar-refractivity contribution in [3.8, 4) is 11.4 Å². The molecular formula is C24H21IN6O2S. The highest BCUT2D eigenvalue weighted by atomic mass is 127. The van der Waals surface area contributed by atoms with Crippen molar-refractivity contribution in [1.29, 1.82) is 0 Å². The van der Waals surface area contributed by atoms with E-state index in [9.17, 15) is 9.90 Å². The molecule has 0 atom stereocenters. The monoisotopic (exact) mass is 584 g/mol. The zero-order valence-electron chi connectivity index (χ0n) is 17.9. The Balaban J connectivity index is 1.42. The molecule has 172 valence electrons. The summed E-state index contributed by atoms with van der Waals surface area (Å²) in [5.74, 6) is 0.773. The quantitative estimate of drug-likeness (QED) is 0.116. The molecule has 0 unspecified atom stereocenters. The molecule has 0 spiro atoms. The predicted octanol–water partition coefficient (Wildman–Crippen LogP) is 4.43. The number of rotatable bonds is 9. The van der Waals surface area contributed by atoms with Crippen molar-refractivity contribution < 1.29 is 9.90 Å². The Morgan fingerprint density at radius 3 is 2.50 bits per heavy atom. The van der Waals surface area contributed by atoms with E-state index in [0.29, 0.717) is 11.7 Å². The van der Waals surface area contributed by atoms with Crippen LogP contribution in [0.2, 0.25) is 0 Å². The zero-order chi connectivity index (χ0) is 23.8. The first kappa shape index (κ1) is 23.8. The summed E-state index contributed by atoms with van der Waals surface area (Å²) in [5, 5.41) is 26.0. The number of aromatic hydroxyl groups is 1. The van der Waals surface area contributed by atoms with Crippen LogP contribution in [0.15, 0.2) is 89.1 Å². The summed E-state index contributed by atoms with van der Waals surface area (Å²) in [6.45, 7) is 0.478. The van der Waals surface area contributed by atoms with Gasteiger partial charge in [-0.3, -0.25) is 9.36 Å². The Hall–Kier alpha value is -3.38. The van der Waals surface area contributed by atoms with Crippen LogP contribution in [-0.2, 0) is 11.3 Å². The summed E-state index contributed by atoms with van der Waals surface area (Å²) in [6, 6.07) is 24.4. The summed E-state index contributed by atoms with van der Waals surface area (Å²) >= 11 is 3.56. The van der Waals surface area contributed by atoms with Crippen LogP contribution >= 0.6 is 34.4 Å². The van der Waals surface area contributed by atoms with E-state index in [0.717, 1.165) is 22.8 Å². The van der Waals surface area contributed by atoms with E-state index in [-0.39, 0.29) is 17.4 Å². The third-order valence-electron chi connectivity index (χ3n) is 4.64. The Morgan fingerprint density at radius 2 is 1.76 bits per heavy atom. The van der Waals surface area contributed by atoms with Crippen LogP contribution in [0.5, 0.6) is 5.75 Å². The fourth-order valence-corrected chi connectivity index (χ4v) is 4.12. The molecule has 34 heavy (non-hydrogen) atoms. The van der Waals surface area contributed by atoms with Gasteiger partial charge in [-0.15, -0.1) is 10.2 Å². The molecule has 1 aromatic heterocycles. The molecule has 4 rings (SSSR count). The SMILES string of the molecule is O=C(CSc1nnc(CNc2ccc(I)cc2)n1-c1ccccc1)N/N=C/c1ccc(O)cc1. The van der Waals surface area contributed by atoms with E-state index in [1.165, 1.54) is 21.5 Å². The molecule has 0 aliphatic carbocycles. The van der Waals surface area contributed by atoms with Gasteiger partial charge in [0.25, 0.3) is 5.91 Å². The minimum absolute atomic E-state index is 0.127. The number of anilines is 1. The number of phenolic OH excluding ortho intramolecular Hbond substituents is 1. The predicted molar refractivity (Wildman–Crippen MR) is 142 cm³/mol. The molecule has 0 saturated carbocycles. The van der Waals surface area contributed by atoms with Gasteiger partial charge in [0.05, 0.1) is 18.5 Å². The van der Waals surface area contributed by atoms with Crippen molar-refractivity contribution in [1.82, 2.24) is 20.2 Å². The van der Waals surface area contributed by atoms with Gasteiger partial charge in [-0.2, -0.15) is 5.10 Å². The molecule has 0 fully saturated rings. The molecule has 4 aromatic rings. The lowest BCUT2D eigenvalue weighted by atomic mass is 10.2. The number of nitrogens with zero attached hydrogens (tertiary/aromatic N) is 4. The molecule has 1 heterocycles. The maximum absolute atomic E-state index is 12.3. The molecule has 0 aliphatic rings. The number of hydrogen-bond donors (Lipinski definition) is 3. The lowest BCUT2D eigenvalue weighted by molar-refractivity contribution is -0.118. The van der Waals surface area contributed by atoms with Crippen molar-refractivity contribution in [2.45, 2.75) is 11.7 Å². The van der Waals surface area contributed by atoms with Crippen molar-refractivity contribution in [2.75, 3.05) is 11.1 Å². The van der Waals surface area contributed by atoms with E-state index in [2.05, 4.69) is 48.6 Å². The first-order valence-electron chi connectivity index (χ1n) is 10.3. The second-order valence-electron chi connectivity index (χ2n) is 7.10. The minimum atomic E-state index is -0.263. The van der Waals surface area contributed by atoms with Gasteiger partial charge < -0.3 is 10.4 Å². The Morgan fingerprint density at radius 1 is 1.03 bits per heavy atom. The number of carbonyl (C=O) groups is 1. The van der Waals surface area contributed by atoms with Gasteiger partial charge in [-0.05, 0) is 88.8 Å². The number of amides is 1. The topological polar surface area (TPSA) is 104 Å². The standard InChI is InChI=1S/C24H21IN6O2S/c25-18-8-10-19(11-9-18)26-15-22-28-30-24(31(22)20-4-2-1-3-5-20)34-16-23(33)29-27-14-17-6-12-21(32)13-7-17/h1-14,26,32H,15-16H2,(H,29,33)/b27-14+. The number of nitrogens with one attached hydrogen (secondary N) is 2. The van der Waals surface area contributed by atoms with Gasteiger partial charge >= 0.3 is 0 Å². The van der Waals surface area contributed by atoms with Gasteiger partial charge in [-0.25, -0.2) is 5.43 Å². The van der Waals surface area contributed by atoms with Crippen LogP contribution < -0.4 is 10.7 Å². The second kappa shape index (κ2) is 11.7. The third kappa shape index (κ3) is 6.58. The highest BCUT2D eigenvalue weighted by Crippen LogP contribution is 2.23. The normalized spacial score (nSPS) is 11.0. The first-order valence-corrected chi connectivity index (χ1v) is 12.4. The summed E-state index contributed by atoms with van der Waals surface area (Å²) in [4.78, 5) is 12.3.